The zero-order chi connectivity index (χ0) is 12.1. The van der Waals surface area contributed by atoms with E-state index >= 15 is 0 Å². The lowest BCUT2D eigenvalue weighted by molar-refractivity contribution is 0.160. The summed E-state index contributed by atoms with van der Waals surface area (Å²) in [5.41, 5.74) is 0. The molecule has 2 fully saturated rings. The summed E-state index contributed by atoms with van der Waals surface area (Å²) in [4.78, 5) is 5.09. The van der Waals surface area contributed by atoms with Gasteiger partial charge in [-0.05, 0) is 65.8 Å². The Morgan fingerprint density at radius 2 is 1.71 bits per heavy atom. The van der Waals surface area contributed by atoms with E-state index in [9.17, 15) is 0 Å². The first-order valence-corrected chi connectivity index (χ1v) is 7.41. The van der Waals surface area contributed by atoms with Crippen molar-refractivity contribution in [3.05, 3.63) is 0 Å². The second-order valence-electron chi connectivity index (χ2n) is 5.93. The maximum atomic E-state index is 3.77. The molecule has 2 heterocycles. The van der Waals surface area contributed by atoms with E-state index in [2.05, 4.69) is 29.1 Å². The van der Waals surface area contributed by atoms with Crippen LogP contribution in [-0.4, -0.2) is 61.7 Å². The standard InChI is InChI=1S/C14H29N3/c1-13(17-8-4-3-5-9-17)12-15-14-6-10-16(2)11-7-14/h13-15H,3-12H2,1-2H3. The molecule has 1 N–H and O–H groups in total. The van der Waals surface area contributed by atoms with Gasteiger partial charge in [0.2, 0.25) is 0 Å². The fourth-order valence-electron chi connectivity index (χ4n) is 3.04. The summed E-state index contributed by atoms with van der Waals surface area (Å²) < 4.78 is 0. The molecular formula is C14H29N3. The molecule has 3 nitrogen and oxygen atoms in total. The molecule has 1 unspecified atom stereocenters. The Morgan fingerprint density at radius 3 is 2.35 bits per heavy atom. The molecule has 0 spiro atoms. The van der Waals surface area contributed by atoms with Crippen molar-refractivity contribution in [2.75, 3.05) is 39.8 Å². The largest absolute Gasteiger partial charge is 0.312 e. The number of nitrogens with one attached hydrogen (secondary N) is 1. The minimum Gasteiger partial charge on any atom is -0.312 e. The molecule has 0 amide bonds. The average molecular weight is 239 g/mol. The quantitative estimate of drug-likeness (QED) is 0.803. The first-order valence-electron chi connectivity index (χ1n) is 7.41. The lowest BCUT2D eigenvalue weighted by atomic mass is 10.0. The lowest BCUT2D eigenvalue weighted by Crippen LogP contribution is -2.48. The van der Waals surface area contributed by atoms with E-state index in [0.717, 1.165) is 12.1 Å². The van der Waals surface area contributed by atoms with Crippen molar-refractivity contribution in [1.29, 1.82) is 0 Å². The molecule has 0 aromatic carbocycles. The number of rotatable bonds is 4. The molecule has 2 saturated heterocycles. The predicted molar refractivity (Wildman–Crippen MR) is 73.4 cm³/mol. The van der Waals surface area contributed by atoms with Gasteiger partial charge in [0, 0.05) is 18.6 Å². The second-order valence-corrected chi connectivity index (χ2v) is 5.93. The van der Waals surface area contributed by atoms with E-state index in [0.29, 0.717) is 0 Å². The van der Waals surface area contributed by atoms with E-state index < -0.39 is 0 Å². The van der Waals surface area contributed by atoms with Crippen molar-refractivity contribution in [1.82, 2.24) is 15.1 Å². The third-order valence-corrected chi connectivity index (χ3v) is 4.43. The third-order valence-electron chi connectivity index (χ3n) is 4.43. The van der Waals surface area contributed by atoms with Gasteiger partial charge >= 0.3 is 0 Å². The Balaban J connectivity index is 1.63. The molecule has 1 atom stereocenters. The van der Waals surface area contributed by atoms with Crippen LogP contribution in [0.5, 0.6) is 0 Å². The smallest absolute Gasteiger partial charge is 0.0192 e. The fourth-order valence-corrected chi connectivity index (χ4v) is 3.04. The Labute approximate surface area is 107 Å². The molecule has 17 heavy (non-hydrogen) atoms. The van der Waals surface area contributed by atoms with Crippen molar-refractivity contribution < 1.29 is 0 Å². The summed E-state index contributed by atoms with van der Waals surface area (Å²) in [6.07, 6.45) is 6.88. The van der Waals surface area contributed by atoms with E-state index in [1.165, 1.54) is 64.8 Å². The van der Waals surface area contributed by atoms with Crippen LogP contribution in [0.3, 0.4) is 0 Å². The molecule has 0 aliphatic carbocycles. The van der Waals surface area contributed by atoms with Gasteiger partial charge in [-0.15, -0.1) is 0 Å². The van der Waals surface area contributed by atoms with Crippen molar-refractivity contribution >= 4 is 0 Å². The zero-order valence-electron chi connectivity index (χ0n) is 11.6. The average Bonchev–Trinajstić information content (AvgIpc) is 2.39. The number of likely N-dealkylation sites (tertiary alicyclic amines) is 2. The normalized spacial score (nSPS) is 27.2. The van der Waals surface area contributed by atoms with Gasteiger partial charge in [0.15, 0.2) is 0 Å². The molecule has 0 aromatic heterocycles. The van der Waals surface area contributed by atoms with Crippen LogP contribution < -0.4 is 5.32 Å². The molecule has 0 aromatic rings. The van der Waals surface area contributed by atoms with Crippen molar-refractivity contribution in [3.8, 4) is 0 Å². The van der Waals surface area contributed by atoms with E-state index in [1.54, 1.807) is 0 Å². The number of hydrogen-bond acceptors (Lipinski definition) is 3. The summed E-state index contributed by atoms with van der Waals surface area (Å²) in [5.74, 6) is 0. The third kappa shape index (κ3) is 4.23. The van der Waals surface area contributed by atoms with E-state index in [-0.39, 0.29) is 0 Å². The predicted octanol–water partition coefficient (Wildman–Crippen LogP) is 1.54. The SMILES string of the molecule is CC(CNC1CCN(C)CC1)N1CCCCC1. The highest BCUT2D eigenvalue weighted by atomic mass is 15.2. The van der Waals surface area contributed by atoms with Crippen LogP contribution in [0.25, 0.3) is 0 Å². The van der Waals surface area contributed by atoms with Crippen molar-refractivity contribution in [2.24, 2.45) is 0 Å². The maximum absolute atomic E-state index is 3.77. The van der Waals surface area contributed by atoms with Crippen molar-refractivity contribution in [2.45, 2.75) is 51.1 Å². The van der Waals surface area contributed by atoms with Gasteiger partial charge in [0.05, 0.1) is 0 Å². The van der Waals surface area contributed by atoms with Gasteiger partial charge in [-0.1, -0.05) is 6.42 Å². The van der Waals surface area contributed by atoms with Crippen LogP contribution >= 0.6 is 0 Å². The van der Waals surface area contributed by atoms with Gasteiger partial charge in [0.25, 0.3) is 0 Å². The summed E-state index contributed by atoms with van der Waals surface area (Å²) in [6.45, 7) is 8.71. The fraction of sp³-hybridized carbons (Fsp3) is 1.00. The summed E-state index contributed by atoms with van der Waals surface area (Å²) in [5, 5.41) is 3.77. The summed E-state index contributed by atoms with van der Waals surface area (Å²) in [6, 6.07) is 1.48. The summed E-state index contributed by atoms with van der Waals surface area (Å²) in [7, 11) is 2.23. The van der Waals surface area contributed by atoms with Crippen LogP contribution in [0.2, 0.25) is 0 Å². The Bertz CT molecular complexity index is 206. The topological polar surface area (TPSA) is 18.5 Å². The Kier molecular flexibility index (Phi) is 5.26. The molecule has 0 bridgehead atoms. The molecule has 0 saturated carbocycles. The lowest BCUT2D eigenvalue weighted by Gasteiger charge is -2.35. The molecule has 100 valence electrons. The minimum atomic E-state index is 0.718. The first-order chi connectivity index (χ1) is 8.25. The van der Waals surface area contributed by atoms with Crippen LogP contribution in [-0.2, 0) is 0 Å². The number of nitrogens with zero attached hydrogens (tertiary/aromatic N) is 2. The van der Waals surface area contributed by atoms with Gasteiger partial charge in [-0.2, -0.15) is 0 Å². The minimum absolute atomic E-state index is 0.718. The first kappa shape index (κ1) is 13.3. The zero-order valence-corrected chi connectivity index (χ0v) is 11.6. The number of piperidine rings is 2. The molecule has 3 heteroatoms. The second kappa shape index (κ2) is 6.72. The number of hydrogen-bond donors (Lipinski definition) is 1. The van der Waals surface area contributed by atoms with Crippen molar-refractivity contribution in [3.63, 3.8) is 0 Å². The van der Waals surface area contributed by atoms with E-state index in [4.69, 9.17) is 0 Å². The highest BCUT2D eigenvalue weighted by Gasteiger charge is 2.19. The maximum Gasteiger partial charge on any atom is 0.0192 e. The summed E-state index contributed by atoms with van der Waals surface area (Å²) >= 11 is 0. The van der Waals surface area contributed by atoms with Crippen LogP contribution in [0.4, 0.5) is 0 Å². The molecular weight excluding hydrogens is 210 g/mol. The van der Waals surface area contributed by atoms with Crippen LogP contribution in [0, 0.1) is 0 Å². The van der Waals surface area contributed by atoms with Gasteiger partial charge in [0.1, 0.15) is 0 Å². The van der Waals surface area contributed by atoms with E-state index in [1.807, 2.05) is 0 Å². The highest BCUT2D eigenvalue weighted by Crippen LogP contribution is 2.13. The molecule has 2 rings (SSSR count). The monoisotopic (exact) mass is 239 g/mol. The Morgan fingerprint density at radius 1 is 1.06 bits per heavy atom. The molecule has 0 radical (unpaired) electrons. The van der Waals surface area contributed by atoms with Gasteiger partial charge in [-0.3, -0.25) is 4.90 Å². The molecule has 2 aliphatic heterocycles. The molecule has 2 aliphatic rings. The highest BCUT2D eigenvalue weighted by molar-refractivity contribution is 4.79. The van der Waals surface area contributed by atoms with Crippen LogP contribution in [0.15, 0.2) is 0 Å². The van der Waals surface area contributed by atoms with Crippen LogP contribution in [0.1, 0.15) is 39.0 Å². The Hall–Kier alpha value is -0.120. The van der Waals surface area contributed by atoms with Gasteiger partial charge in [-0.25, -0.2) is 0 Å². The van der Waals surface area contributed by atoms with Gasteiger partial charge < -0.3 is 10.2 Å².